The van der Waals surface area contributed by atoms with Gasteiger partial charge < -0.3 is 25.5 Å². The Kier molecular flexibility index (Phi) is 7.59. The molecular formula is C24H30N6O3S. The Bertz CT molecular complexity index is 1200. The zero-order valence-corrected chi connectivity index (χ0v) is 20.6. The fourth-order valence-corrected chi connectivity index (χ4v) is 4.82. The van der Waals surface area contributed by atoms with E-state index in [9.17, 15) is 4.79 Å². The highest BCUT2D eigenvalue weighted by atomic mass is 32.1. The van der Waals surface area contributed by atoms with Gasteiger partial charge in [0.05, 0.1) is 11.5 Å². The SMILES string of the molecule is CCNC(=O)c1cc2c(/C(=N/OCCN(CC)CC)c3ccc4c(c3)CCO4)nc(N)nc2s1. The van der Waals surface area contributed by atoms with Gasteiger partial charge in [0.1, 0.15) is 28.6 Å². The first-order chi connectivity index (χ1) is 16.5. The third-order valence-corrected chi connectivity index (χ3v) is 6.74. The molecule has 0 bridgehead atoms. The second kappa shape index (κ2) is 10.8. The molecule has 0 atom stereocenters. The number of likely N-dealkylation sites (N-methyl/N-ethyl adjacent to an activating group) is 1. The molecule has 2 aromatic heterocycles. The van der Waals surface area contributed by atoms with Crippen molar-refractivity contribution in [2.24, 2.45) is 5.16 Å². The normalized spacial score (nSPS) is 13.2. The molecule has 3 N–H and O–H groups in total. The molecule has 4 rings (SSSR count). The number of benzene rings is 1. The number of nitrogen functional groups attached to an aromatic ring is 1. The number of nitrogens with one attached hydrogen (secondary N) is 1. The predicted molar refractivity (Wildman–Crippen MR) is 135 cm³/mol. The van der Waals surface area contributed by atoms with E-state index in [1.807, 2.05) is 19.1 Å². The molecule has 0 aliphatic carbocycles. The summed E-state index contributed by atoms with van der Waals surface area (Å²) in [6.07, 6.45) is 0.834. The summed E-state index contributed by atoms with van der Waals surface area (Å²) in [5.74, 6) is 0.845. The molecule has 1 aromatic carbocycles. The van der Waals surface area contributed by atoms with E-state index in [0.717, 1.165) is 42.9 Å². The molecule has 180 valence electrons. The minimum Gasteiger partial charge on any atom is -0.493 e. The van der Waals surface area contributed by atoms with Crippen molar-refractivity contribution in [3.63, 3.8) is 0 Å². The molecule has 0 radical (unpaired) electrons. The molecule has 3 aromatic rings. The molecule has 0 saturated carbocycles. The molecule has 9 nitrogen and oxygen atoms in total. The lowest BCUT2D eigenvalue weighted by molar-refractivity contribution is 0.0960. The Hall–Kier alpha value is -3.24. The van der Waals surface area contributed by atoms with Gasteiger partial charge in [-0.25, -0.2) is 9.97 Å². The first kappa shape index (κ1) is 23.9. The van der Waals surface area contributed by atoms with Gasteiger partial charge in [-0.05, 0) is 49.8 Å². The molecule has 0 unspecified atom stereocenters. The highest BCUT2D eigenvalue weighted by Crippen LogP contribution is 2.31. The summed E-state index contributed by atoms with van der Waals surface area (Å²) < 4.78 is 5.67. The number of nitrogens with two attached hydrogens (primary N) is 1. The summed E-state index contributed by atoms with van der Waals surface area (Å²) in [4.78, 5) is 30.6. The van der Waals surface area contributed by atoms with Crippen molar-refractivity contribution in [2.45, 2.75) is 27.2 Å². The van der Waals surface area contributed by atoms with Gasteiger partial charge in [0, 0.05) is 30.5 Å². The van der Waals surface area contributed by atoms with Crippen LogP contribution in [0.5, 0.6) is 5.75 Å². The number of thiophene rings is 1. The van der Waals surface area contributed by atoms with E-state index >= 15 is 0 Å². The summed E-state index contributed by atoms with van der Waals surface area (Å²) >= 11 is 1.28. The van der Waals surface area contributed by atoms with Crippen molar-refractivity contribution in [1.82, 2.24) is 20.2 Å². The van der Waals surface area contributed by atoms with Crippen LogP contribution in [0.4, 0.5) is 5.95 Å². The van der Waals surface area contributed by atoms with Crippen molar-refractivity contribution in [1.29, 1.82) is 0 Å². The minimum absolute atomic E-state index is 0.118. The van der Waals surface area contributed by atoms with Crippen LogP contribution in [0, 0.1) is 0 Å². The number of anilines is 1. The number of hydrogen-bond donors (Lipinski definition) is 2. The fraction of sp³-hybridized carbons (Fsp3) is 0.417. The predicted octanol–water partition coefficient (Wildman–Crippen LogP) is 3.07. The molecule has 10 heteroatoms. The standard InChI is InChI=1S/C24H30N6O3S/c1-4-26-22(31)19-14-17-21(27-24(25)28-23(17)34-19)20(29-33-12-10-30(5-2)6-3)16-7-8-18-15(13-16)9-11-32-18/h7-8,13-14H,4-6,9-12H2,1-3H3,(H,26,31)(H2,25,27,28)/b29-20+. The Labute approximate surface area is 203 Å². The first-order valence-electron chi connectivity index (χ1n) is 11.6. The maximum absolute atomic E-state index is 12.5. The molecule has 0 saturated heterocycles. The number of fused-ring (bicyclic) bond motifs is 2. The minimum atomic E-state index is -0.154. The van der Waals surface area contributed by atoms with Crippen molar-refractivity contribution < 1.29 is 14.4 Å². The van der Waals surface area contributed by atoms with Crippen molar-refractivity contribution in [3.8, 4) is 5.75 Å². The molecule has 3 heterocycles. The smallest absolute Gasteiger partial charge is 0.261 e. The van der Waals surface area contributed by atoms with Crippen molar-refractivity contribution in [3.05, 3.63) is 46.0 Å². The van der Waals surface area contributed by atoms with Gasteiger partial charge in [0.2, 0.25) is 5.95 Å². The van der Waals surface area contributed by atoms with Gasteiger partial charge in [0.25, 0.3) is 5.91 Å². The van der Waals surface area contributed by atoms with E-state index in [2.05, 4.69) is 45.3 Å². The second-order valence-electron chi connectivity index (χ2n) is 7.84. The van der Waals surface area contributed by atoms with E-state index in [4.69, 9.17) is 15.3 Å². The van der Waals surface area contributed by atoms with Crippen LogP contribution in [0.3, 0.4) is 0 Å². The maximum Gasteiger partial charge on any atom is 0.261 e. The molecular weight excluding hydrogens is 452 g/mol. The van der Waals surface area contributed by atoms with Crippen molar-refractivity contribution in [2.75, 3.05) is 45.1 Å². The number of oxime groups is 1. The van der Waals surface area contributed by atoms with E-state index in [1.54, 1.807) is 6.07 Å². The molecule has 1 amide bonds. The fourth-order valence-electron chi connectivity index (χ4n) is 3.86. The van der Waals surface area contributed by atoms with Gasteiger partial charge in [-0.2, -0.15) is 0 Å². The van der Waals surface area contributed by atoms with Crippen molar-refractivity contribution >= 4 is 39.1 Å². The van der Waals surface area contributed by atoms with E-state index in [1.165, 1.54) is 11.3 Å². The average molecular weight is 483 g/mol. The van der Waals surface area contributed by atoms with Gasteiger partial charge >= 0.3 is 0 Å². The lowest BCUT2D eigenvalue weighted by Crippen LogP contribution is -2.26. The van der Waals surface area contributed by atoms with Gasteiger partial charge in [-0.1, -0.05) is 19.0 Å². The first-order valence-corrected chi connectivity index (χ1v) is 12.4. The summed E-state index contributed by atoms with van der Waals surface area (Å²) in [7, 11) is 0. The number of ether oxygens (including phenoxy) is 1. The van der Waals surface area contributed by atoms with Crippen LogP contribution in [0.1, 0.15) is 47.3 Å². The monoisotopic (exact) mass is 482 g/mol. The summed E-state index contributed by atoms with van der Waals surface area (Å²) in [5, 5.41) is 8.06. The lowest BCUT2D eigenvalue weighted by Gasteiger charge is -2.17. The Morgan fingerprint density at radius 2 is 2.09 bits per heavy atom. The summed E-state index contributed by atoms with van der Waals surface area (Å²) in [6, 6.07) is 7.73. The molecule has 1 aliphatic rings. The van der Waals surface area contributed by atoms with E-state index in [0.29, 0.717) is 46.3 Å². The number of hydrogen-bond acceptors (Lipinski definition) is 9. The molecule has 1 aliphatic heterocycles. The van der Waals surface area contributed by atoms with Crippen LogP contribution in [0.25, 0.3) is 10.2 Å². The second-order valence-corrected chi connectivity index (χ2v) is 8.87. The number of aromatic nitrogens is 2. The highest BCUT2D eigenvalue weighted by molar-refractivity contribution is 7.20. The van der Waals surface area contributed by atoms with Crippen LogP contribution >= 0.6 is 11.3 Å². The van der Waals surface area contributed by atoms with E-state index in [-0.39, 0.29) is 11.9 Å². The van der Waals surface area contributed by atoms with Gasteiger partial charge in [-0.3, -0.25) is 4.79 Å². The summed E-state index contributed by atoms with van der Waals surface area (Å²) in [6.45, 7) is 10.4. The van der Waals surface area contributed by atoms with Crippen LogP contribution in [-0.2, 0) is 11.3 Å². The maximum atomic E-state index is 12.5. The van der Waals surface area contributed by atoms with Crippen LogP contribution in [0.2, 0.25) is 0 Å². The number of nitrogens with zero attached hydrogens (tertiary/aromatic N) is 4. The quantitative estimate of drug-likeness (QED) is 0.259. The lowest BCUT2D eigenvalue weighted by atomic mass is 10.0. The molecule has 0 spiro atoms. The third-order valence-electron chi connectivity index (χ3n) is 5.71. The Balaban J connectivity index is 1.76. The van der Waals surface area contributed by atoms with Crippen LogP contribution in [0.15, 0.2) is 29.4 Å². The number of carbonyl (C=O) groups is 1. The number of amides is 1. The molecule has 0 fully saturated rings. The zero-order chi connectivity index (χ0) is 24.1. The van der Waals surface area contributed by atoms with Crippen LogP contribution < -0.4 is 15.8 Å². The zero-order valence-electron chi connectivity index (χ0n) is 19.8. The Morgan fingerprint density at radius 1 is 1.26 bits per heavy atom. The van der Waals surface area contributed by atoms with Gasteiger partial charge in [0.15, 0.2) is 0 Å². The number of carbonyl (C=O) groups excluding carboxylic acids is 1. The Morgan fingerprint density at radius 3 is 2.85 bits per heavy atom. The molecule has 34 heavy (non-hydrogen) atoms. The number of rotatable bonds is 10. The van der Waals surface area contributed by atoms with Crippen LogP contribution in [-0.4, -0.2) is 65.9 Å². The average Bonchev–Trinajstić information content (AvgIpc) is 3.48. The summed E-state index contributed by atoms with van der Waals surface area (Å²) in [5.41, 5.74) is 9.11. The highest BCUT2D eigenvalue weighted by Gasteiger charge is 2.22. The topological polar surface area (TPSA) is 115 Å². The van der Waals surface area contributed by atoms with E-state index < -0.39 is 0 Å². The largest absolute Gasteiger partial charge is 0.493 e. The third kappa shape index (κ3) is 5.13. The van der Waals surface area contributed by atoms with Gasteiger partial charge in [-0.15, -0.1) is 11.3 Å².